The Morgan fingerprint density at radius 2 is 1.72 bits per heavy atom. The Morgan fingerprint density at radius 3 is 2.36 bits per heavy atom. The van der Waals surface area contributed by atoms with Crippen LogP contribution in [-0.2, 0) is 5.75 Å². The molecule has 25 heavy (non-hydrogen) atoms. The molecule has 130 valence electrons. The Labute approximate surface area is 161 Å². The van der Waals surface area contributed by atoms with Gasteiger partial charge in [0.25, 0.3) is 0 Å². The molecular weight excluding hydrogens is 375 g/mol. The SMILES string of the molecule is Cc1cc(C)c(CSc2nnc(-c3ccc(Cl)cc3Cl)n2N)c(C)c1. The van der Waals surface area contributed by atoms with E-state index in [1.165, 1.54) is 26.9 Å². The highest BCUT2D eigenvalue weighted by Crippen LogP contribution is 2.31. The second kappa shape index (κ2) is 7.28. The van der Waals surface area contributed by atoms with Gasteiger partial charge >= 0.3 is 0 Å². The molecule has 0 atom stereocenters. The fourth-order valence-electron chi connectivity index (χ4n) is 2.80. The molecule has 0 amide bonds. The summed E-state index contributed by atoms with van der Waals surface area (Å²) >= 11 is 13.7. The number of hydrogen-bond acceptors (Lipinski definition) is 4. The minimum Gasteiger partial charge on any atom is -0.335 e. The predicted molar refractivity (Wildman–Crippen MR) is 106 cm³/mol. The molecule has 2 aromatic carbocycles. The molecule has 0 radical (unpaired) electrons. The van der Waals surface area contributed by atoms with Crippen LogP contribution in [-0.4, -0.2) is 14.9 Å². The van der Waals surface area contributed by atoms with Crippen LogP contribution in [0.3, 0.4) is 0 Å². The van der Waals surface area contributed by atoms with Crippen LogP contribution in [0.15, 0.2) is 35.5 Å². The van der Waals surface area contributed by atoms with Gasteiger partial charge in [-0.3, -0.25) is 0 Å². The summed E-state index contributed by atoms with van der Waals surface area (Å²) in [6.07, 6.45) is 0. The van der Waals surface area contributed by atoms with Gasteiger partial charge in [-0.1, -0.05) is 52.7 Å². The van der Waals surface area contributed by atoms with E-state index in [4.69, 9.17) is 29.0 Å². The zero-order chi connectivity index (χ0) is 18.1. The van der Waals surface area contributed by atoms with E-state index in [2.05, 4.69) is 43.1 Å². The second-order valence-corrected chi connectivity index (χ2v) is 7.75. The Morgan fingerprint density at radius 1 is 1.04 bits per heavy atom. The number of nitrogen functional groups attached to an aromatic ring is 1. The van der Waals surface area contributed by atoms with E-state index in [0.29, 0.717) is 26.6 Å². The number of halogens is 2. The predicted octanol–water partition coefficient (Wildman–Crippen LogP) is 5.18. The van der Waals surface area contributed by atoms with Gasteiger partial charge in [-0.25, -0.2) is 4.68 Å². The van der Waals surface area contributed by atoms with Crippen LogP contribution in [0.5, 0.6) is 0 Å². The summed E-state index contributed by atoms with van der Waals surface area (Å²) in [5.74, 6) is 7.48. The van der Waals surface area contributed by atoms with Crippen LogP contribution >= 0.6 is 35.0 Å². The van der Waals surface area contributed by atoms with Gasteiger partial charge in [0.15, 0.2) is 5.82 Å². The maximum atomic E-state index is 6.25. The van der Waals surface area contributed by atoms with Crippen molar-refractivity contribution in [3.8, 4) is 11.4 Å². The zero-order valence-electron chi connectivity index (χ0n) is 14.2. The summed E-state index contributed by atoms with van der Waals surface area (Å²) < 4.78 is 1.47. The summed E-state index contributed by atoms with van der Waals surface area (Å²) in [7, 11) is 0. The van der Waals surface area contributed by atoms with Crippen molar-refractivity contribution in [2.24, 2.45) is 0 Å². The lowest BCUT2D eigenvalue weighted by atomic mass is 10.0. The average molecular weight is 393 g/mol. The molecule has 0 bridgehead atoms. The summed E-state index contributed by atoms with van der Waals surface area (Å²) in [5, 5.41) is 10.1. The summed E-state index contributed by atoms with van der Waals surface area (Å²) in [5.41, 5.74) is 5.81. The smallest absolute Gasteiger partial charge is 0.210 e. The van der Waals surface area contributed by atoms with Crippen molar-refractivity contribution in [2.45, 2.75) is 31.7 Å². The highest BCUT2D eigenvalue weighted by atomic mass is 35.5. The number of benzene rings is 2. The van der Waals surface area contributed by atoms with Gasteiger partial charge in [0.05, 0.1) is 5.02 Å². The molecular formula is C18H18Cl2N4S. The largest absolute Gasteiger partial charge is 0.335 e. The molecule has 0 spiro atoms. The Balaban J connectivity index is 1.85. The van der Waals surface area contributed by atoms with E-state index >= 15 is 0 Å². The molecule has 0 aliphatic carbocycles. The van der Waals surface area contributed by atoms with E-state index in [1.807, 2.05) is 0 Å². The monoisotopic (exact) mass is 392 g/mol. The van der Waals surface area contributed by atoms with Crippen molar-refractivity contribution in [3.05, 3.63) is 62.6 Å². The van der Waals surface area contributed by atoms with E-state index in [1.54, 1.807) is 30.0 Å². The van der Waals surface area contributed by atoms with E-state index in [9.17, 15) is 0 Å². The third-order valence-corrected chi connectivity index (χ3v) is 5.54. The highest BCUT2D eigenvalue weighted by molar-refractivity contribution is 7.98. The third-order valence-electron chi connectivity index (χ3n) is 4.02. The van der Waals surface area contributed by atoms with Gasteiger partial charge in [-0.2, -0.15) is 0 Å². The third kappa shape index (κ3) is 3.78. The lowest BCUT2D eigenvalue weighted by Gasteiger charge is -2.11. The molecule has 3 aromatic rings. The molecule has 2 N–H and O–H groups in total. The van der Waals surface area contributed by atoms with Gasteiger partial charge in [-0.05, 0) is 55.7 Å². The number of aromatic nitrogens is 3. The summed E-state index contributed by atoms with van der Waals surface area (Å²) in [6.45, 7) is 6.36. The first-order valence-corrected chi connectivity index (χ1v) is 9.46. The number of hydrogen-bond donors (Lipinski definition) is 1. The van der Waals surface area contributed by atoms with Crippen molar-refractivity contribution in [1.82, 2.24) is 14.9 Å². The number of thioether (sulfide) groups is 1. The first-order valence-electron chi connectivity index (χ1n) is 7.72. The number of aryl methyl sites for hydroxylation is 3. The van der Waals surface area contributed by atoms with Gasteiger partial charge < -0.3 is 5.84 Å². The van der Waals surface area contributed by atoms with Crippen LogP contribution in [0.4, 0.5) is 0 Å². The van der Waals surface area contributed by atoms with Crippen LogP contribution in [0, 0.1) is 20.8 Å². The van der Waals surface area contributed by atoms with Crippen molar-refractivity contribution in [2.75, 3.05) is 5.84 Å². The Bertz CT molecular complexity index is 914. The van der Waals surface area contributed by atoms with Crippen molar-refractivity contribution < 1.29 is 0 Å². The molecule has 0 saturated heterocycles. The minimum atomic E-state index is 0.494. The van der Waals surface area contributed by atoms with Crippen LogP contribution < -0.4 is 5.84 Å². The van der Waals surface area contributed by atoms with Crippen molar-refractivity contribution >= 4 is 35.0 Å². The topological polar surface area (TPSA) is 56.7 Å². The number of rotatable bonds is 4. The number of nitrogens with two attached hydrogens (primary N) is 1. The van der Waals surface area contributed by atoms with Gasteiger partial charge in [0.1, 0.15) is 0 Å². The fourth-order valence-corrected chi connectivity index (χ4v) is 4.35. The maximum absolute atomic E-state index is 6.25. The van der Waals surface area contributed by atoms with Crippen LogP contribution in [0.1, 0.15) is 22.3 Å². The average Bonchev–Trinajstić information content (AvgIpc) is 2.87. The molecule has 3 rings (SSSR count). The molecule has 4 nitrogen and oxygen atoms in total. The molecule has 0 aliphatic rings. The lowest BCUT2D eigenvalue weighted by molar-refractivity contribution is 0.849. The molecule has 0 saturated carbocycles. The molecule has 0 aliphatic heterocycles. The molecule has 1 aromatic heterocycles. The van der Waals surface area contributed by atoms with E-state index in [-0.39, 0.29) is 0 Å². The Kier molecular flexibility index (Phi) is 5.27. The van der Waals surface area contributed by atoms with Crippen molar-refractivity contribution in [1.29, 1.82) is 0 Å². The first kappa shape index (κ1) is 18.1. The fraction of sp³-hybridized carbons (Fsp3) is 0.222. The minimum absolute atomic E-state index is 0.494. The number of nitrogens with zero attached hydrogens (tertiary/aromatic N) is 3. The second-order valence-electron chi connectivity index (χ2n) is 5.97. The lowest BCUT2D eigenvalue weighted by Crippen LogP contribution is -2.11. The highest BCUT2D eigenvalue weighted by Gasteiger charge is 2.16. The van der Waals surface area contributed by atoms with Crippen LogP contribution in [0.25, 0.3) is 11.4 Å². The summed E-state index contributed by atoms with van der Waals surface area (Å²) in [6, 6.07) is 9.59. The normalized spacial score (nSPS) is 11.1. The summed E-state index contributed by atoms with van der Waals surface area (Å²) in [4.78, 5) is 0. The quantitative estimate of drug-likeness (QED) is 0.490. The van der Waals surface area contributed by atoms with E-state index < -0.39 is 0 Å². The first-order chi connectivity index (χ1) is 11.9. The maximum Gasteiger partial charge on any atom is 0.210 e. The molecule has 0 unspecified atom stereocenters. The molecule has 0 fully saturated rings. The van der Waals surface area contributed by atoms with Gasteiger partial charge in [0, 0.05) is 16.3 Å². The van der Waals surface area contributed by atoms with Gasteiger partial charge in [0.2, 0.25) is 5.16 Å². The Hall–Kier alpha value is -1.69. The van der Waals surface area contributed by atoms with Crippen molar-refractivity contribution in [3.63, 3.8) is 0 Å². The van der Waals surface area contributed by atoms with Gasteiger partial charge in [-0.15, -0.1) is 10.2 Å². The zero-order valence-corrected chi connectivity index (χ0v) is 16.5. The molecule has 7 heteroatoms. The standard InChI is InChI=1S/C18H18Cl2N4S/c1-10-6-11(2)15(12(3)7-10)9-25-18-23-22-17(24(18)21)14-5-4-13(19)8-16(14)20/h4-8H,9,21H2,1-3H3. The molecule has 1 heterocycles. The van der Waals surface area contributed by atoms with E-state index in [0.717, 1.165) is 5.75 Å². The van der Waals surface area contributed by atoms with Crippen LogP contribution in [0.2, 0.25) is 10.0 Å².